The number of nitrogens with one attached hydrogen (secondary N) is 1. The van der Waals surface area contributed by atoms with Crippen molar-refractivity contribution in [3.8, 4) is 0 Å². The number of carbonyl (C=O) groups is 1. The second kappa shape index (κ2) is 9.71. The van der Waals surface area contributed by atoms with Gasteiger partial charge in [0.1, 0.15) is 0 Å². The van der Waals surface area contributed by atoms with Gasteiger partial charge in [-0.3, -0.25) is 14.2 Å². The van der Waals surface area contributed by atoms with Gasteiger partial charge in [0.15, 0.2) is 5.16 Å². The lowest BCUT2D eigenvalue weighted by Gasteiger charge is -2.12. The maximum atomic E-state index is 12.8. The monoisotopic (exact) mass is 401 g/mol. The summed E-state index contributed by atoms with van der Waals surface area (Å²) in [6.45, 7) is 3.33. The summed E-state index contributed by atoms with van der Waals surface area (Å²) in [4.78, 5) is 30.9. The van der Waals surface area contributed by atoms with Crippen LogP contribution in [-0.2, 0) is 17.8 Å². The van der Waals surface area contributed by atoms with Crippen LogP contribution in [0.1, 0.15) is 24.6 Å². The number of thioether (sulfide) groups is 1. The molecule has 0 fully saturated rings. The first-order chi connectivity index (χ1) is 13.2. The number of aromatic nitrogens is 2. The summed E-state index contributed by atoms with van der Waals surface area (Å²) in [5.41, 5.74) is 0.644. The molecule has 7 heteroatoms. The average molecular weight is 402 g/mol. The fourth-order valence-corrected chi connectivity index (χ4v) is 4.30. The topological polar surface area (TPSA) is 64.0 Å². The minimum atomic E-state index is -0.0407. The van der Waals surface area contributed by atoms with Crippen molar-refractivity contribution in [2.75, 3.05) is 12.3 Å². The van der Waals surface area contributed by atoms with E-state index >= 15 is 0 Å². The standard InChI is InChI=1S/C20H23N3O2S2/c1-2-3-12-23-19(25)16-8-4-5-9-17(16)22-20(23)27-14-18(24)21-11-10-15-7-6-13-26-15/h4-9,13H,2-3,10-12,14H2,1H3,(H,21,24). The van der Waals surface area contributed by atoms with E-state index in [9.17, 15) is 9.59 Å². The molecule has 1 aromatic carbocycles. The third kappa shape index (κ3) is 5.20. The Kier molecular flexibility index (Phi) is 7.06. The van der Waals surface area contributed by atoms with Gasteiger partial charge in [0, 0.05) is 18.0 Å². The Balaban J connectivity index is 1.67. The highest BCUT2D eigenvalue weighted by molar-refractivity contribution is 7.99. The molecule has 0 saturated heterocycles. The van der Waals surface area contributed by atoms with E-state index < -0.39 is 0 Å². The smallest absolute Gasteiger partial charge is 0.262 e. The van der Waals surface area contributed by atoms with Crippen LogP contribution >= 0.6 is 23.1 Å². The van der Waals surface area contributed by atoms with Crippen molar-refractivity contribution in [2.45, 2.75) is 37.9 Å². The van der Waals surface area contributed by atoms with Gasteiger partial charge >= 0.3 is 0 Å². The van der Waals surface area contributed by atoms with E-state index in [0.717, 1.165) is 19.3 Å². The first-order valence-electron chi connectivity index (χ1n) is 9.10. The maximum Gasteiger partial charge on any atom is 0.262 e. The number of hydrogen-bond acceptors (Lipinski definition) is 5. The van der Waals surface area contributed by atoms with Gasteiger partial charge in [0.25, 0.3) is 5.56 Å². The van der Waals surface area contributed by atoms with E-state index in [1.165, 1.54) is 16.6 Å². The molecule has 0 radical (unpaired) electrons. The summed E-state index contributed by atoms with van der Waals surface area (Å²) in [5.74, 6) is 0.211. The number of unbranched alkanes of at least 4 members (excludes halogenated alkanes) is 1. The van der Waals surface area contributed by atoms with Gasteiger partial charge in [-0.1, -0.05) is 43.3 Å². The number of rotatable bonds is 9. The molecular formula is C20H23N3O2S2. The molecule has 142 valence electrons. The summed E-state index contributed by atoms with van der Waals surface area (Å²) in [5, 5.41) is 6.21. The molecule has 0 bridgehead atoms. The van der Waals surface area contributed by atoms with Crippen LogP contribution in [0.15, 0.2) is 51.7 Å². The molecule has 3 rings (SSSR count). The highest BCUT2D eigenvalue weighted by Crippen LogP contribution is 2.18. The fraction of sp³-hybridized carbons (Fsp3) is 0.350. The van der Waals surface area contributed by atoms with Gasteiger partial charge in [0.2, 0.25) is 5.91 Å². The van der Waals surface area contributed by atoms with Crippen LogP contribution in [0.25, 0.3) is 10.9 Å². The Labute approximate surface area is 166 Å². The minimum Gasteiger partial charge on any atom is -0.355 e. The van der Waals surface area contributed by atoms with E-state index in [4.69, 9.17) is 0 Å². The molecule has 0 aliphatic heterocycles. The zero-order chi connectivity index (χ0) is 19.1. The quantitative estimate of drug-likeness (QED) is 0.439. The van der Waals surface area contributed by atoms with Crippen LogP contribution in [0.2, 0.25) is 0 Å². The molecule has 2 aromatic heterocycles. The van der Waals surface area contributed by atoms with Gasteiger partial charge in [-0.25, -0.2) is 4.98 Å². The molecule has 0 atom stereocenters. The van der Waals surface area contributed by atoms with E-state index in [2.05, 4.69) is 23.3 Å². The lowest BCUT2D eigenvalue weighted by molar-refractivity contribution is -0.118. The Hall–Kier alpha value is -2.12. The molecule has 0 aliphatic carbocycles. The highest BCUT2D eigenvalue weighted by atomic mass is 32.2. The van der Waals surface area contributed by atoms with Crippen LogP contribution in [0.3, 0.4) is 0 Å². The molecule has 0 unspecified atom stereocenters. The molecule has 0 aliphatic rings. The Morgan fingerprint density at radius 3 is 2.89 bits per heavy atom. The summed E-state index contributed by atoms with van der Waals surface area (Å²) in [6, 6.07) is 11.4. The number of carbonyl (C=O) groups excluding carboxylic acids is 1. The zero-order valence-corrected chi connectivity index (χ0v) is 16.9. The van der Waals surface area contributed by atoms with Gasteiger partial charge in [0.05, 0.1) is 16.7 Å². The van der Waals surface area contributed by atoms with E-state index in [1.54, 1.807) is 22.0 Å². The van der Waals surface area contributed by atoms with Crippen molar-refractivity contribution in [3.63, 3.8) is 0 Å². The van der Waals surface area contributed by atoms with Crippen LogP contribution in [0.5, 0.6) is 0 Å². The van der Waals surface area contributed by atoms with E-state index in [1.807, 2.05) is 29.6 Å². The highest BCUT2D eigenvalue weighted by Gasteiger charge is 2.13. The molecule has 1 N–H and O–H groups in total. The van der Waals surface area contributed by atoms with Crippen molar-refractivity contribution in [2.24, 2.45) is 0 Å². The zero-order valence-electron chi connectivity index (χ0n) is 15.3. The minimum absolute atomic E-state index is 0.0327. The molecule has 5 nitrogen and oxygen atoms in total. The number of fused-ring (bicyclic) bond motifs is 1. The Bertz CT molecular complexity index is 952. The third-order valence-corrected chi connectivity index (χ3v) is 6.08. The van der Waals surface area contributed by atoms with Crippen LogP contribution in [0, 0.1) is 0 Å². The molecule has 0 spiro atoms. The molecule has 1 amide bonds. The second-order valence-electron chi connectivity index (χ2n) is 6.19. The van der Waals surface area contributed by atoms with E-state index in [0.29, 0.717) is 29.1 Å². The number of nitrogens with zero attached hydrogens (tertiary/aromatic N) is 2. The van der Waals surface area contributed by atoms with Gasteiger partial charge in [-0.2, -0.15) is 0 Å². The van der Waals surface area contributed by atoms with Gasteiger partial charge < -0.3 is 5.32 Å². The summed E-state index contributed by atoms with van der Waals surface area (Å²) in [6.07, 6.45) is 2.73. The average Bonchev–Trinajstić information content (AvgIpc) is 3.19. The SMILES string of the molecule is CCCCn1c(SCC(=O)NCCc2cccs2)nc2ccccc2c1=O. The molecule has 3 aromatic rings. The van der Waals surface area contributed by atoms with Crippen molar-refractivity contribution in [1.82, 2.24) is 14.9 Å². The second-order valence-corrected chi connectivity index (χ2v) is 8.16. The first kappa shape index (κ1) is 19.6. The van der Waals surface area contributed by atoms with Crippen molar-refractivity contribution < 1.29 is 4.79 Å². The van der Waals surface area contributed by atoms with E-state index in [-0.39, 0.29) is 17.2 Å². The number of para-hydroxylation sites is 1. The van der Waals surface area contributed by atoms with Crippen molar-refractivity contribution >= 4 is 39.9 Å². The van der Waals surface area contributed by atoms with Crippen molar-refractivity contribution in [3.05, 3.63) is 57.0 Å². The van der Waals surface area contributed by atoms with Gasteiger partial charge in [-0.05, 0) is 36.4 Å². The van der Waals surface area contributed by atoms with Crippen LogP contribution in [0.4, 0.5) is 0 Å². The molecule has 2 heterocycles. The fourth-order valence-electron chi connectivity index (χ4n) is 2.73. The third-order valence-electron chi connectivity index (χ3n) is 4.17. The lowest BCUT2D eigenvalue weighted by Crippen LogP contribution is -2.28. The Morgan fingerprint density at radius 1 is 1.26 bits per heavy atom. The van der Waals surface area contributed by atoms with Crippen LogP contribution in [-0.4, -0.2) is 27.8 Å². The number of amides is 1. The first-order valence-corrected chi connectivity index (χ1v) is 11.0. The number of hydrogen-bond donors (Lipinski definition) is 1. The number of thiophene rings is 1. The lowest BCUT2D eigenvalue weighted by atomic mass is 10.2. The summed E-state index contributed by atoms with van der Waals surface area (Å²) >= 11 is 3.02. The molecule has 27 heavy (non-hydrogen) atoms. The molecular weight excluding hydrogens is 378 g/mol. The van der Waals surface area contributed by atoms with Crippen molar-refractivity contribution in [1.29, 1.82) is 0 Å². The Morgan fingerprint density at radius 2 is 2.11 bits per heavy atom. The van der Waals surface area contributed by atoms with Crippen LogP contribution < -0.4 is 10.9 Å². The molecule has 0 saturated carbocycles. The van der Waals surface area contributed by atoms with Gasteiger partial charge in [-0.15, -0.1) is 11.3 Å². The largest absolute Gasteiger partial charge is 0.355 e. The normalized spacial score (nSPS) is 11.0. The predicted octanol–water partition coefficient (Wildman–Crippen LogP) is 3.71. The summed E-state index contributed by atoms with van der Waals surface area (Å²) < 4.78 is 1.70. The predicted molar refractivity (Wildman–Crippen MR) is 113 cm³/mol. The number of benzene rings is 1. The summed E-state index contributed by atoms with van der Waals surface area (Å²) in [7, 11) is 0. The maximum absolute atomic E-state index is 12.8.